The molecule has 1 rings (SSSR count). The van der Waals surface area contributed by atoms with Crippen molar-refractivity contribution in [3.05, 3.63) is 35.9 Å². The molecule has 0 aliphatic heterocycles. The molecular weight excluding hydrogens is 522 g/mol. The van der Waals surface area contributed by atoms with Gasteiger partial charge in [-0.25, -0.2) is 4.79 Å². The lowest BCUT2D eigenvalue weighted by Gasteiger charge is -2.28. The summed E-state index contributed by atoms with van der Waals surface area (Å²) in [4.78, 5) is 17.1. The van der Waals surface area contributed by atoms with Gasteiger partial charge in [0.1, 0.15) is 5.75 Å². The first-order valence-corrected chi connectivity index (χ1v) is 17.8. The van der Waals surface area contributed by atoms with Crippen molar-refractivity contribution in [2.24, 2.45) is 0 Å². The predicted molar refractivity (Wildman–Crippen MR) is 166 cm³/mol. The molecule has 40 heavy (non-hydrogen) atoms. The van der Waals surface area contributed by atoms with Gasteiger partial charge in [0.05, 0.1) is 6.61 Å². The summed E-state index contributed by atoms with van der Waals surface area (Å²) < 4.78 is 23.4. The second kappa shape index (κ2) is 25.0. The maximum Gasteiger partial charge on any atom is 0.500 e. The van der Waals surface area contributed by atoms with Gasteiger partial charge in [-0.05, 0) is 57.4 Å². The Labute approximate surface area is 245 Å². The van der Waals surface area contributed by atoms with Crippen LogP contribution in [0.1, 0.15) is 117 Å². The molecule has 0 aliphatic rings. The number of ether oxygens (including phenoxy) is 1. The molecule has 1 aromatic rings. The molecule has 7 nitrogen and oxygen atoms in total. The van der Waals surface area contributed by atoms with E-state index in [4.69, 9.17) is 22.9 Å². The van der Waals surface area contributed by atoms with Crippen LogP contribution >= 0.6 is 0 Å². The minimum Gasteiger partial charge on any atom is -0.494 e. The van der Waals surface area contributed by atoms with Gasteiger partial charge in [-0.2, -0.15) is 5.48 Å². The van der Waals surface area contributed by atoms with Crippen LogP contribution in [-0.2, 0) is 22.9 Å². The van der Waals surface area contributed by atoms with Crippen LogP contribution in [0.4, 0.5) is 0 Å². The number of unbranched alkanes of at least 4 members (excludes halogenated alkanes) is 11. The molecule has 0 saturated carbocycles. The van der Waals surface area contributed by atoms with Gasteiger partial charge in [0, 0.05) is 38.5 Å². The van der Waals surface area contributed by atoms with Crippen molar-refractivity contribution in [1.29, 1.82) is 0 Å². The van der Waals surface area contributed by atoms with Gasteiger partial charge >= 0.3 is 14.8 Å². The van der Waals surface area contributed by atoms with Crippen LogP contribution in [0.2, 0.25) is 6.04 Å². The lowest BCUT2D eigenvalue weighted by molar-refractivity contribution is -0.144. The molecule has 0 unspecified atom stereocenters. The second-order valence-corrected chi connectivity index (χ2v) is 12.8. The van der Waals surface area contributed by atoms with E-state index >= 15 is 0 Å². The van der Waals surface area contributed by atoms with E-state index < -0.39 is 14.8 Å². The number of hydrogen-bond donors (Lipinski definition) is 1. The summed E-state index contributed by atoms with van der Waals surface area (Å²) in [5.41, 5.74) is 3.64. The Bertz CT molecular complexity index is 741. The fraction of sp³-hybridized carbons (Fsp3) is 0.719. The molecular formula is C32H57NO6Si. The molecule has 0 amide bonds. The van der Waals surface area contributed by atoms with Crippen molar-refractivity contribution in [2.75, 3.05) is 33.0 Å². The zero-order valence-corrected chi connectivity index (χ0v) is 26.8. The van der Waals surface area contributed by atoms with Gasteiger partial charge in [0.25, 0.3) is 0 Å². The van der Waals surface area contributed by atoms with E-state index in [2.05, 4.69) is 12.4 Å². The number of nitrogens with one attached hydrogen (secondary N) is 1. The Morgan fingerprint density at radius 2 is 1.25 bits per heavy atom. The number of carbonyl (C=O) groups is 1. The average molecular weight is 580 g/mol. The molecule has 0 aromatic heterocycles. The minimum atomic E-state index is -2.67. The van der Waals surface area contributed by atoms with Crippen molar-refractivity contribution in [3.8, 4) is 5.75 Å². The van der Waals surface area contributed by atoms with Gasteiger partial charge in [0.15, 0.2) is 0 Å². The van der Waals surface area contributed by atoms with E-state index in [9.17, 15) is 4.79 Å². The first kappa shape index (κ1) is 36.3. The van der Waals surface area contributed by atoms with Crippen molar-refractivity contribution in [1.82, 2.24) is 5.48 Å². The summed E-state index contributed by atoms with van der Waals surface area (Å²) in [6.07, 6.45) is 19.9. The number of benzene rings is 1. The molecule has 0 bridgehead atoms. The van der Waals surface area contributed by atoms with Gasteiger partial charge in [-0.3, -0.25) is 0 Å². The lowest BCUT2D eigenvalue weighted by Crippen LogP contribution is -2.46. The van der Waals surface area contributed by atoms with Gasteiger partial charge < -0.3 is 22.9 Å². The quantitative estimate of drug-likeness (QED) is 0.0486. The summed E-state index contributed by atoms with van der Waals surface area (Å²) >= 11 is 0. The highest BCUT2D eigenvalue weighted by Crippen LogP contribution is 2.18. The number of carbonyl (C=O) groups excluding carboxylic acids is 1. The Balaban J connectivity index is 2.13. The highest BCUT2D eigenvalue weighted by Gasteiger charge is 2.39. The summed E-state index contributed by atoms with van der Waals surface area (Å²) in [6, 6.07) is 8.42. The average Bonchev–Trinajstić information content (AvgIpc) is 2.95. The molecule has 0 saturated heterocycles. The molecule has 230 valence electrons. The van der Waals surface area contributed by atoms with Crippen LogP contribution in [0.15, 0.2) is 30.3 Å². The van der Waals surface area contributed by atoms with Crippen LogP contribution in [0.25, 0.3) is 6.08 Å². The molecule has 1 aromatic carbocycles. The minimum absolute atomic E-state index is 0.449. The SMILES string of the molecule is CCCCCCCCCCCCCCOc1ccc(/C=C/C(=O)ONCCC[Si](OCC)(OCC)OCC)cc1. The molecule has 0 spiro atoms. The maximum absolute atomic E-state index is 12.0. The highest BCUT2D eigenvalue weighted by atomic mass is 28.4. The second-order valence-electron chi connectivity index (χ2n) is 10.0. The Morgan fingerprint density at radius 3 is 1.77 bits per heavy atom. The van der Waals surface area contributed by atoms with Gasteiger partial charge in [-0.1, -0.05) is 89.7 Å². The number of hydrogen-bond acceptors (Lipinski definition) is 7. The predicted octanol–water partition coefficient (Wildman–Crippen LogP) is 8.27. The topological polar surface area (TPSA) is 75.3 Å². The largest absolute Gasteiger partial charge is 0.500 e. The lowest BCUT2D eigenvalue weighted by atomic mass is 10.1. The van der Waals surface area contributed by atoms with Crippen LogP contribution in [0, 0.1) is 0 Å². The summed E-state index contributed by atoms with van der Waals surface area (Å²) in [6.45, 7) is 11.0. The van der Waals surface area contributed by atoms with Crippen LogP contribution in [0.3, 0.4) is 0 Å². The number of hydroxylamine groups is 1. The number of rotatable bonds is 27. The van der Waals surface area contributed by atoms with Crippen LogP contribution < -0.4 is 10.2 Å². The molecule has 1 N–H and O–H groups in total. The van der Waals surface area contributed by atoms with Crippen molar-refractivity contribution in [2.45, 2.75) is 117 Å². The van der Waals surface area contributed by atoms with Crippen LogP contribution in [-0.4, -0.2) is 47.7 Å². The first-order valence-electron chi connectivity index (χ1n) is 15.9. The van der Waals surface area contributed by atoms with Gasteiger partial charge in [0.2, 0.25) is 0 Å². The Kier molecular flexibility index (Phi) is 22.7. The zero-order chi connectivity index (χ0) is 29.2. The Morgan fingerprint density at radius 1 is 0.725 bits per heavy atom. The molecule has 0 radical (unpaired) electrons. The molecule has 0 heterocycles. The smallest absolute Gasteiger partial charge is 0.494 e. The fourth-order valence-corrected chi connectivity index (χ4v) is 7.12. The maximum atomic E-state index is 12.0. The van der Waals surface area contributed by atoms with E-state index in [1.54, 1.807) is 6.08 Å². The van der Waals surface area contributed by atoms with E-state index in [1.165, 1.54) is 76.7 Å². The first-order chi connectivity index (χ1) is 19.6. The molecule has 0 aliphatic carbocycles. The summed E-state index contributed by atoms with van der Waals surface area (Å²) in [5, 5.41) is 0. The third-order valence-electron chi connectivity index (χ3n) is 6.59. The van der Waals surface area contributed by atoms with Crippen molar-refractivity contribution < 1.29 is 27.6 Å². The third-order valence-corrected chi connectivity index (χ3v) is 9.74. The third kappa shape index (κ3) is 18.6. The normalized spacial score (nSPS) is 11.8. The van der Waals surface area contributed by atoms with E-state index in [0.29, 0.717) is 38.8 Å². The van der Waals surface area contributed by atoms with Crippen molar-refractivity contribution in [3.63, 3.8) is 0 Å². The van der Waals surface area contributed by atoms with Crippen molar-refractivity contribution >= 4 is 20.8 Å². The van der Waals surface area contributed by atoms with E-state index in [0.717, 1.165) is 24.3 Å². The molecule has 0 fully saturated rings. The highest BCUT2D eigenvalue weighted by molar-refractivity contribution is 6.60. The van der Waals surface area contributed by atoms with E-state index in [-0.39, 0.29) is 0 Å². The zero-order valence-electron chi connectivity index (χ0n) is 25.8. The summed E-state index contributed by atoms with van der Waals surface area (Å²) in [7, 11) is -2.67. The van der Waals surface area contributed by atoms with Gasteiger partial charge in [-0.15, -0.1) is 0 Å². The fourth-order valence-electron chi connectivity index (χ4n) is 4.51. The monoisotopic (exact) mass is 579 g/mol. The molecule has 0 atom stereocenters. The Hall–Kier alpha value is -1.71. The summed E-state index contributed by atoms with van der Waals surface area (Å²) in [5.74, 6) is 0.408. The molecule has 8 heteroatoms. The standard InChI is InChI=1S/C32H57NO6Si/c1-5-9-10-11-12-13-14-15-16-17-18-19-28-35-31-24-21-30(22-25-31)23-26-32(34)39-33-27-20-29-40(36-6-2,37-7-3)38-8-4/h21-26,33H,5-20,27-29H2,1-4H3/b26-23+. The van der Waals surface area contributed by atoms with Crippen LogP contribution in [0.5, 0.6) is 5.75 Å². The van der Waals surface area contributed by atoms with E-state index in [1.807, 2.05) is 45.0 Å².